The number of Topliss-reactive ketones (excluding diaryl/α,β-unsaturated/α-hetero) is 1. The van der Waals surface area contributed by atoms with Crippen molar-refractivity contribution in [3.8, 4) is 5.69 Å². The van der Waals surface area contributed by atoms with Crippen molar-refractivity contribution in [2.75, 3.05) is 19.0 Å². The van der Waals surface area contributed by atoms with E-state index in [0.717, 1.165) is 5.69 Å². The van der Waals surface area contributed by atoms with Gasteiger partial charge in [-0.15, -0.1) is 15.0 Å². The number of tetrazole rings is 1. The van der Waals surface area contributed by atoms with E-state index in [2.05, 4.69) is 15.4 Å². The maximum absolute atomic E-state index is 11.9. The SMILES string of the molecule is CN(C)c1ccc(-n2nnc(C(=O)CC[C@H](N)C(=O)O)n2)cc1. The lowest BCUT2D eigenvalue weighted by atomic mass is 10.1. The topological polar surface area (TPSA) is 127 Å². The Morgan fingerprint density at radius 1 is 1.30 bits per heavy atom. The van der Waals surface area contributed by atoms with Gasteiger partial charge in [0.25, 0.3) is 0 Å². The van der Waals surface area contributed by atoms with E-state index >= 15 is 0 Å². The predicted octanol–water partition coefficient (Wildman–Crippen LogP) is 0.103. The maximum Gasteiger partial charge on any atom is 0.320 e. The molecule has 9 nitrogen and oxygen atoms in total. The number of hydrogen-bond donors (Lipinski definition) is 2. The van der Waals surface area contributed by atoms with E-state index in [1.807, 2.05) is 43.3 Å². The molecule has 0 saturated heterocycles. The maximum atomic E-state index is 11.9. The number of aliphatic carboxylic acids is 1. The average Bonchev–Trinajstić information content (AvgIpc) is 3.02. The lowest BCUT2D eigenvalue weighted by molar-refractivity contribution is -0.138. The summed E-state index contributed by atoms with van der Waals surface area (Å²) < 4.78 is 0. The minimum Gasteiger partial charge on any atom is -0.480 e. The first kappa shape index (κ1) is 16.6. The van der Waals surface area contributed by atoms with Crippen molar-refractivity contribution >= 4 is 17.4 Å². The number of anilines is 1. The van der Waals surface area contributed by atoms with Gasteiger partial charge < -0.3 is 15.7 Å². The monoisotopic (exact) mass is 318 g/mol. The van der Waals surface area contributed by atoms with Crippen LogP contribution in [0.2, 0.25) is 0 Å². The normalized spacial score (nSPS) is 12.0. The highest BCUT2D eigenvalue weighted by Gasteiger charge is 2.18. The number of aromatic nitrogens is 4. The van der Waals surface area contributed by atoms with Crippen LogP contribution < -0.4 is 10.6 Å². The van der Waals surface area contributed by atoms with Crippen molar-refractivity contribution in [1.82, 2.24) is 20.2 Å². The zero-order chi connectivity index (χ0) is 17.0. The summed E-state index contributed by atoms with van der Waals surface area (Å²) in [4.78, 5) is 25.8. The van der Waals surface area contributed by atoms with Crippen molar-refractivity contribution < 1.29 is 14.7 Å². The second-order valence-electron chi connectivity index (χ2n) is 5.22. The Labute approximate surface area is 132 Å². The molecule has 0 saturated carbocycles. The van der Waals surface area contributed by atoms with Crippen LogP contribution in [0.25, 0.3) is 5.69 Å². The van der Waals surface area contributed by atoms with Gasteiger partial charge in [0, 0.05) is 26.2 Å². The molecule has 0 aliphatic rings. The smallest absolute Gasteiger partial charge is 0.320 e. The van der Waals surface area contributed by atoms with Crippen LogP contribution in [0, 0.1) is 0 Å². The van der Waals surface area contributed by atoms with Crippen LogP contribution in [0.15, 0.2) is 24.3 Å². The Morgan fingerprint density at radius 2 is 1.96 bits per heavy atom. The molecule has 0 bridgehead atoms. The summed E-state index contributed by atoms with van der Waals surface area (Å²) in [6.07, 6.45) is -0.0149. The van der Waals surface area contributed by atoms with E-state index < -0.39 is 17.8 Å². The molecule has 1 aromatic heterocycles. The fourth-order valence-corrected chi connectivity index (χ4v) is 1.84. The molecular weight excluding hydrogens is 300 g/mol. The van der Waals surface area contributed by atoms with Gasteiger partial charge in [0.2, 0.25) is 11.6 Å². The van der Waals surface area contributed by atoms with E-state index in [0.29, 0.717) is 5.69 Å². The molecule has 9 heteroatoms. The van der Waals surface area contributed by atoms with Gasteiger partial charge in [0.1, 0.15) is 6.04 Å². The van der Waals surface area contributed by atoms with Gasteiger partial charge in [-0.05, 0) is 35.9 Å². The number of carbonyl (C=O) groups is 2. The summed E-state index contributed by atoms with van der Waals surface area (Å²) in [5.74, 6) is -1.59. The summed E-state index contributed by atoms with van der Waals surface area (Å²) >= 11 is 0. The number of carboxylic acids is 1. The van der Waals surface area contributed by atoms with E-state index in [1.54, 1.807) is 0 Å². The van der Waals surface area contributed by atoms with Gasteiger partial charge in [-0.3, -0.25) is 9.59 Å². The number of carbonyl (C=O) groups excluding carboxylic acids is 1. The molecular formula is C14H18N6O3. The lowest BCUT2D eigenvalue weighted by Crippen LogP contribution is -2.30. The van der Waals surface area contributed by atoms with Crippen LogP contribution in [0.1, 0.15) is 23.5 Å². The van der Waals surface area contributed by atoms with Crippen molar-refractivity contribution in [3.05, 3.63) is 30.1 Å². The Balaban J connectivity index is 2.05. The zero-order valence-electron chi connectivity index (χ0n) is 12.9. The molecule has 0 unspecified atom stereocenters. The summed E-state index contributed by atoms with van der Waals surface area (Å²) in [6.45, 7) is 0. The number of benzene rings is 1. The summed E-state index contributed by atoms with van der Waals surface area (Å²) in [5.41, 5.74) is 7.05. The van der Waals surface area contributed by atoms with Crippen molar-refractivity contribution in [1.29, 1.82) is 0 Å². The van der Waals surface area contributed by atoms with Gasteiger partial charge in [-0.25, -0.2) is 0 Å². The van der Waals surface area contributed by atoms with Crippen LogP contribution in [0.3, 0.4) is 0 Å². The number of ketones is 1. The highest BCUT2D eigenvalue weighted by atomic mass is 16.4. The number of hydrogen-bond acceptors (Lipinski definition) is 7. The molecule has 0 aliphatic heterocycles. The van der Waals surface area contributed by atoms with E-state index in [4.69, 9.17) is 10.8 Å². The number of rotatable bonds is 7. The van der Waals surface area contributed by atoms with E-state index in [-0.39, 0.29) is 18.7 Å². The van der Waals surface area contributed by atoms with Gasteiger partial charge in [0.15, 0.2) is 0 Å². The average molecular weight is 318 g/mol. The molecule has 2 aromatic rings. The van der Waals surface area contributed by atoms with Gasteiger partial charge in [-0.2, -0.15) is 0 Å². The van der Waals surface area contributed by atoms with Crippen molar-refractivity contribution in [2.24, 2.45) is 5.73 Å². The van der Waals surface area contributed by atoms with Crippen LogP contribution in [-0.4, -0.2) is 57.2 Å². The standard InChI is InChI=1S/C14H18N6O3/c1-19(2)9-3-5-10(6-4-9)20-17-13(16-18-20)12(21)8-7-11(15)14(22)23/h3-6,11H,7-8,15H2,1-2H3,(H,22,23)/t11-/m0/s1. The third-order valence-electron chi connectivity index (χ3n) is 3.26. The minimum atomic E-state index is -1.14. The highest BCUT2D eigenvalue weighted by molar-refractivity contribution is 5.92. The lowest BCUT2D eigenvalue weighted by Gasteiger charge is -2.12. The van der Waals surface area contributed by atoms with Gasteiger partial charge >= 0.3 is 5.97 Å². The highest BCUT2D eigenvalue weighted by Crippen LogP contribution is 2.14. The predicted molar refractivity (Wildman–Crippen MR) is 82.7 cm³/mol. The van der Waals surface area contributed by atoms with Crippen LogP contribution in [0.5, 0.6) is 0 Å². The van der Waals surface area contributed by atoms with Gasteiger partial charge in [-0.1, -0.05) is 0 Å². The van der Waals surface area contributed by atoms with E-state index in [9.17, 15) is 9.59 Å². The number of nitrogens with zero attached hydrogens (tertiary/aromatic N) is 5. The first-order chi connectivity index (χ1) is 10.9. The Morgan fingerprint density at radius 3 is 2.52 bits per heavy atom. The van der Waals surface area contributed by atoms with Crippen LogP contribution in [0.4, 0.5) is 5.69 Å². The third-order valence-corrected chi connectivity index (χ3v) is 3.26. The molecule has 0 amide bonds. The number of carboxylic acid groups (broad SMARTS) is 1. The van der Waals surface area contributed by atoms with Crippen molar-refractivity contribution in [3.63, 3.8) is 0 Å². The van der Waals surface area contributed by atoms with Crippen LogP contribution >= 0.6 is 0 Å². The molecule has 2 rings (SSSR count). The summed E-state index contributed by atoms with van der Waals surface area (Å²) in [6, 6.07) is 6.34. The molecule has 0 aliphatic carbocycles. The molecule has 0 fully saturated rings. The zero-order valence-corrected chi connectivity index (χ0v) is 12.9. The van der Waals surface area contributed by atoms with Gasteiger partial charge in [0.05, 0.1) is 5.69 Å². The Bertz CT molecular complexity index is 695. The Hall–Kier alpha value is -2.81. The molecule has 23 heavy (non-hydrogen) atoms. The fraction of sp³-hybridized carbons (Fsp3) is 0.357. The third kappa shape index (κ3) is 4.10. The molecule has 1 atom stereocenters. The molecule has 0 spiro atoms. The molecule has 1 heterocycles. The Kier molecular flexibility index (Phi) is 5.02. The number of nitrogens with two attached hydrogens (primary N) is 1. The van der Waals surface area contributed by atoms with Crippen molar-refractivity contribution in [2.45, 2.75) is 18.9 Å². The largest absolute Gasteiger partial charge is 0.480 e. The summed E-state index contributed by atoms with van der Waals surface area (Å²) in [5, 5.41) is 20.3. The second kappa shape index (κ2) is 6.97. The molecule has 3 N–H and O–H groups in total. The minimum absolute atomic E-state index is 0.0280. The first-order valence-electron chi connectivity index (χ1n) is 6.98. The second-order valence-corrected chi connectivity index (χ2v) is 5.22. The molecule has 1 aromatic carbocycles. The quantitative estimate of drug-likeness (QED) is 0.688. The van der Waals surface area contributed by atoms with E-state index in [1.165, 1.54) is 4.80 Å². The summed E-state index contributed by atoms with van der Waals surface area (Å²) in [7, 11) is 3.86. The fourth-order valence-electron chi connectivity index (χ4n) is 1.84. The molecule has 122 valence electrons. The first-order valence-corrected chi connectivity index (χ1v) is 6.98. The molecule has 0 radical (unpaired) electrons. The van der Waals surface area contributed by atoms with Crippen LogP contribution in [-0.2, 0) is 4.79 Å².